The zero-order chi connectivity index (χ0) is 11.4. The van der Waals surface area contributed by atoms with E-state index in [1.807, 2.05) is 31.1 Å². The van der Waals surface area contributed by atoms with Crippen LogP contribution in [0.4, 0.5) is 0 Å². The van der Waals surface area contributed by atoms with Crippen molar-refractivity contribution in [2.75, 3.05) is 20.1 Å². The van der Waals surface area contributed by atoms with E-state index < -0.39 is 0 Å². The summed E-state index contributed by atoms with van der Waals surface area (Å²) in [6.45, 7) is 2.95. The van der Waals surface area contributed by atoms with Crippen LogP contribution in [0.3, 0.4) is 0 Å². The number of imidazole rings is 1. The number of halogens is 1. The van der Waals surface area contributed by atoms with Crippen LogP contribution in [0.1, 0.15) is 18.7 Å². The van der Waals surface area contributed by atoms with E-state index in [2.05, 4.69) is 20.2 Å². The fraction of sp³-hybridized carbons (Fsp3) is 0.636. The third-order valence-corrected chi connectivity index (χ3v) is 2.94. The number of guanidine groups is 1. The Morgan fingerprint density at radius 3 is 2.71 bits per heavy atom. The molecule has 1 N–H and O–H groups in total. The van der Waals surface area contributed by atoms with Gasteiger partial charge in [-0.3, -0.25) is 4.99 Å². The van der Waals surface area contributed by atoms with Crippen LogP contribution in [0.2, 0.25) is 0 Å². The molecule has 0 atom stereocenters. The molecule has 1 aliphatic heterocycles. The van der Waals surface area contributed by atoms with Crippen LogP contribution >= 0.6 is 24.0 Å². The first-order valence-electron chi connectivity index (χ1n) is 5.73. The van der Waals surface area contributed by atoms with Crippen molar-refractivity contribution >= 4 is 29.9 Å². The lowest BCUT2D eigenvalue weighted by Gasteiger charge is -2.20. The molecule has 0 saturated carbocycles. The maximum atomic E-state index is 4.29. The zero-order valence-corrected chi connectivity index (χ0v) is 12.7. The molecule has 6 heteroatoms. The molecular formula is C11H20IN5. The Hall–Kier alpha value is -0.790. The Bertz CT molecular complexity index is 368. The van der Waals surface area contributed by atoms with Crippen molar-refractivity contribution in [1.29, 1.82) is 0 Å². The van der Waals surface area contributed by atoms with Crippen LogP contribution in [0.15, 0.2) is 17.4 Å². The minimum Gasteiger partial charge on any atom is -0.349 e. The molecule has 0 bridgehead atoms. The topological polar surface area (TPSA) is 45.5 Å². The molecule has 96 valence electrons. The molecule has 1 aromatic heterocycles. The molecule has 0 spiro atoms. The van der Waals surface area contributed by atoms with Gasteiger partial charge < -0.3 is 14.8 Å². The second kappa shape index (κ2) is 6.83. The van der Waals surface area contributed by atoms with E-state index >= 15 is 0 Å². The summed E-state index contributed by atoms with van der Waals surface area (Å²) in [5, 5.41) is 3.35. The van der Waals surface area contributed by atoms with E-state index in [-0.39, 0.29) is 24.0 Å². The molecule has 5 nitrogen and oxygen atoms in total. The lowest BCUT2D eigenvalue weighted by atomic mass is 10.4. The Balaban J connectivity index is 0.00000144. The van der Waals surface area contributed by atoms with Crippen LogP contribution in [-0.2, 0) is 13.6 Å². The summed E-state index contributed by atoms with van der Waals surface area (Å²) in [5.74, 6) is 2.01. The molecule has 0 amide bonds. The first kappa shape index (κ1) is 14.3. The van der Waals surface area contributed by atoms with Gasteiger partial charge in [0.25, 0.3) is 0 Å². The molecule has 1 aromatic rings. The zero-order valence-electron chi connectivity index (χ0n) is 10.4. The maximum absolute atomic E-state index is 4.29. The Morgan fingerprint density at radius 1 is 1.47 bits per heavy atom. The SMILES string of the molecule is CN=C(NCc1nccn1C)N1CCCC1.I. The second-order valence-electron chi connectivity index (χ2n) is 4.05. The summed E-state index contributed by atoms with van der Waals surface area (Å²) in [6, 6.07) is 0. The van der Waals surface area contributed by atoms with E-state index in [1.54, 1.807) is 0 Å². The highest BCUT2D eigenvalue weighted by Crippen LogP contribution is 2.07. The van der Waals surface area contributed by atoms with E-state index in [4.69, 9.17) is 0 Å². The van der Waals surface area contributed by atoms with E-state index in [0.717, 1.165) is 31.4 Å². The van der Waals surface area contributed by atoms with Gasteiger partial charge >= 0.3 is 0 Å². The third-order valence-electron chi connectivity index (χ3n) is 2.94. The van der Waals surface area contributed by atoms with E-state index in [1.165, 1.54) is 12.8 Å². The van der Waals surface area contributed by atoms with Gasteiger partial charge in [-0.25, -0.2) is 4.98 Å². The highest BCUT2D eigenvalue weighted by atomic mass is 127. The first-order chi connectivity index (χ1) is 7.81. The molecule has 1 aliphatic rings. The fourth-order valence-corrected chi connectivity index (χ4v) is 1.99. The predicted molar refractivity (Wildman–Crippen MR) is 79.6 cm³/mol. The molecule has 0 unspecified atom stereocenters. The van der Waals surface area contributed by atoms with Crippen LogP contribution in [0.5, 0.6) is 0 Å². The van der Waals surface area contributed by atoms with Gasteiger partial charge in [-0.1, -0.05) is 0 Å². The number of hydrogen-bond donors (Lipinski definition) is 1. The summed E-state index contributed by atoms with van der Waals surface area (Å²) in [4.78, 5) is 10.9. The van der Waals surface area contributed by atoms with Gasteiger partial charge in [0.05, 0.1) is 6.54 Å². The molecule has 0 radical (unpaired) electrons. The molecule has 1 saturated heterocycles. The van der Waals surface area contributed by atoms with Crippen molar-refractivity contribution in [1.82, 2.24) is 19.8 Å². The number of aromatic nitrogens is 2. The number of rotatable bonds is 2. The highest BCUT2D eigenvalue weighted by Gasteiger charge is 2.15. The number of likely N-dealkylation sites (tertiary alicyclic amines) is 1. The van der Waals surface area contributed by atoms with Gasteiger partial charge in [-0.05, 0) is 12.8 Å². The molecule has 17 heavy (non-hydrogen) atoms. The predicted octanol–water partition coefficient (Wildman–Crippen LogP) is 1.21. The average Bonchev–Trinajstić information content (AvgIpc) is 2.92. The van der Waals surface area contributed by atoms with Crippen LogP contribution in [0.25, 0.3) is 0 Å². The number of aliphatic imine (C=N–C) groups is 1. The normalized spacial score (nSPS) is 15.9. The minimum absolute atomic E-state index is 0. The molecular weight excluding hydrogens is 329 g/mol. The van der Waals surface area contributed by atoms with Crippen molar-refractivity contribution in [3.63, 3.8) is 0 Å². The summed E-state index contributed by atoms with van der Waals surface area (Å²) < 4.78 is 2.02. The lowest BCUT2D eigenvalue weighted by molar-refractivity contribution is 0.491. The summed E-state index contributed by atoms with van der Waals surface area (Å²) in [7, 11) is 3.84. The summed E-state index contributed by atoms with van der Waals surface area (Å²) in [5.41, 5.74) is 0. The molecule has 1 fully saturated rings. The van der Waals surface area contributed by atoms with E-state index in [0.29, 0.717) is 0 Å². The van der Waals surface area contributed by atoms with Crippen molar-refractivity contribution in [3.05, 3.63) is 18.2 Å². The molecule has 0 aromatic carbocycles. The second-order valence-corrected chi connectivity index (χ2v) is 4.05. The maximum Gasteiger partial charge on any atom is 0.194 e. The quantitative estimate of drug-likeness (QED) is 0.496. The van der Waals surface area contributed by atoms with Crippen LogP contribution in [-0.4, -0.2) is 40.5 Å². The third kappa shape index (κ3) is 3.58. The number of nitrogens with one attached hydrogen (secondary N) is 1. The van der Waals surface area contributed by atoms with Gasteiger partial charge in [0.15, 0.2) is 5.96 Å². The van der Waals surface area contributed by atoms with Crippen molar-refractivity contribution in [2.45, 2.75) is 19.4 Å². The van der Waals surface area contributed by atoms with Gasteiger partial charge in [0.1, 0.15) is 5.82 Å². The monoisotopic (exact) mass is 349 g/mol. The Labute approximate surface area is 119 Å². The average molecular weight is 349 g/mol. The Kier molecular flexibility index (Phi) is 5.73. The standard InChI is InChI=1S/C11H19N5.HI/c1-12-11(16-6-3-4-7-16)14-9-10-13-5-8-15(10)2;/h5,8H,3-4,6-7,9H2,1-2H3,(H,12,14);1H. The van der Waals surface area contributed by atoms with E-state index in [9.17, 15) is 0 Å². The number of aryl methyl sites for hydroxylation is 1. The number of nitrogens with zero attached hydrogens (tertiary/aromatic N) is 4. The van der Waals surface area contributed by atoms with Gasteiger partial charge in [0.2, 0.25) is 0 Å². The van der Waals surface area contributed by atoms with Crippen LogP contribution < -0.4 is 5.32 Å². The lowest BCUT2D eigenvalue weighted by Crippen LogP contribution is -2.39. The Morgan fingerprint density at radius 2 is 2.18 bits per heavy atom. The summed E-state index contributed by atoms with van der Waals surface area (Å²) in [6.07, 6.45) is 6.30. The number of hydrogen-bond acceptors (Lipinski definition) is 2. The molecule has 0 aliphatic carbocycles. The molecule has 2 heterocycles. The molecule has 2 rings (SSSR count). The summed E-state index contributed by atoms with van der Waals surface area (Å²) >= 11 is 0. The van der Waals surface area contributed by atoms with Crippen LogP contribution in [0, 0.1) is 0 Å². The first-order valence-corrected chi connectivity index (χ1v) is 5.73. The van der Waals surface area contributed by atoms with Crippen molar-refractivity contribution in [3.8, 4) is 0 Å². The minimum atomic E-state index is 0. The fourth-order valence-electron chi connectivity index (χ4n) is 1.99. The van der Waals surface area contributed by atoms with Crippen molar-refractivity contribution in [2.24, 2.45) is 12.0 Å². The van der Waals surface area contributed by atoms with Crippen molar-refractivity contribution < 1.29 is 0 Å². The van der Waals surface area contributed by atoms with Gasteiger partial charge in [-0.15, -0.1) is 24.0 Å². The van der Waals surface area contributed by atoms with Gasteiger partial charge in [-0.2, -0.15) is 0 Å². The highest BCUT2D eigenvalue weighted by molar-refractivity contribution is 14.0. The smallest absolute Gasteiger partial charge is 0.194 e. The van der Waals surface area contributed by atoms with Gasteiger partial charge in [0, 0.05) is 39.6 Å². The largest absolute Gasteiger partial charge is 0.349 e.